The molecule has 2 atom stereocenters. The van der Waals surface area contributed by atoms with Gasteiger partial charge in [0.05, 0.1) is 24.5 Å². The second-order valence-corrected chi connectivity index (χ2v) is 13.6. The summed E-state index contributed by atoms with van der Waals surface area (Å²) in [5.74, 6) is -1.05. The maximum Gasteiger partial charge on any atom is 0.280 e. The minimum Gasteiger partial charge on any atom is -0.508 e. The lowest BCUT2D eigenvalue weighted by Gasteiger charge is -2.28. The number of carbonyl (C=O) groups is 2. The van der Waals surface area contributed by atoms with Gasteiger partial charge in [0.1, 0.15) is 11.5 Å². The molecule has 0 saturated heterocycles. The number of nitrogens with two attached hydrogens (primary N) is 3. The Morgan fingerprint density at radius 3 is 2.12 bits per heavy atom. The third kappa shape index (κ3) is 13.1. The number of halogens is 1. The number of nitrogens with one attached hydrogen (secondary N) is 2. The molecule has 3 aromatic carbocycles. The summed E-state index contributed by atoms with van der Waals surface area (Å²) < 4.78 is 5.17. The molecule has 4 rings (SSSR count). The number of aryl methyl sites for hydroxylation is 2. The van der Waals surface area contributed by atoms with Crippen LogP contribution < -0.4 is 27.8 Å². The number of benzene rings is 3. The van der Waals surface area contributed by atoms with E-state index in [1.165, 1.54) is 36.4 Å². The molecule has 1 heterocycles. The molecule has 56 heavy (non-hydrogen) atoms. The average molecular weight is 792 g/mol. The van der Waals surface area contributed by atoms with E-state index < -0.39 is 18.1 Å². The number of nitrogens with zero attached hydrogens (tertiary/aromatic N) is 4. The number of phenolic OH excluding ortho intramolecular Hbond substituents is 2. The zero-order chi connectivity index (χ0) is 40.6. The first-order chi connectivity index (χ1) is 26.9. The molecular formula is C39H50ClN9O7. The van der Waals surface area contributed by atoms with Crippen LogP contribution in [-0.4, -0.2) is 86.9 Å². The van der Waals surface area contributed by atoms with E-state index in [0.29, 0.717) is 36.2 Å². The quantitative estimate of drug-likeness (QED) is 0.0192. The van der Waals surface area contributed by atoms with Crippen LogP contribution >= 0.6 is 11.6 Å². The van der Waals surface area contributed by atoms with Gasteiger partial charge < -0.3 is 47.7 Å². The second-order valence-electron chi connectivity index (χ2n) is 13.2. The van der Waals surface area contributed by atoms with E-state index in [-0.39, 0.29) is 65.3 Å². The predicted octanol–water partition coefficient (Wildman–Crippen LogP) is 3.58. The number of aromatic nitrogens is 2. The van der Waals surface area contributed by atoms with Gasteiger partial charge in [-0.25, -0.2) is 9.97 Å². The standard InChI is InChI=1S/C39H50ClN9O7/c1-56-22-28-18-26(12-14-30(28)51)32(53)20-49(21-33(54)27-13-15-31(52)29(19-27)45-23-50)17-5-3-7-25-10-8-24(9-11-25)6-2-4-16-44-39(43)48-38(55)34-36(41)47-37(42)35(40)46-34/h8-15,18-19,23,32-33,51-54H,2-7,16-17,20-22H2,1H3,(H,45,50)(H4,41,42,47)(H3,43,44,48,55)/t32-,33-/m0/s1. The molecule has 0 aliphatic heterocycles. The lowest BCUT2D eigenvalue weighted by molar-refractivity contribution is -0.105. The molecule has 300 valence electrons. The summed E-state index contributed by atoms with van der Waals surface area (Å²) in [7, 11) is 1.53. The fraction of sp³-hybridized carbons (Fsp3) is 0.359. The number of methoxy groups -OCH3 is 1. The Hall–Kier alpha value is -5.52. The maximum absolute atomic E-state index is 12.4. The van der Waals surface area contributed by atoms with Gasteiger partial charge in [-0.1, -0.05) is 48.0 Å². The van der Waals surface area contributed by atoms with Gasteiger partial charge in [-0.3, -0.25) is 24.8 Å². The molecule has 12 N–H and O–H groups in total. The number of aliphatic imine (C=N–C) groups is 1. The van der Waals surface area contributed by atoms with Crippen LogP contribution in [0.2, 0.25) is 5.15 Å². The SMILES string of the molecule is COCc1cc([C@@H](O)CN(CCCCc2ccc(CCCCN=C(N)NC(=O)c3nc(Cl)c(N)nc3N)cc2)C[C@H](O)c2ccc(O)c(NC=O)c2)ccc1O. The second kappa shape index (κ2) is 21.5. The lowest BCUT2D eigenvalue weighted by Crippen LogP contribution is -2.38. The first-order valence-electron chi connectivity index (χ1n) is 18.1. The summed E-state index contributed by atoms with van der Waals surface area (Å²) in [5, 5.41) is 47.3. The Morgan fingerprint density at radius 1 is 0.893 bits per heavy atom. The van der Waals surface area contributed by atoms with Crippen molar-refractivity contribution in [3.8, 4) is 11.5 Å². The summed E-state index contributed by atoms with van der Waals surface area (Å²) in [5.41, 5.74) is 21.1. The van der Waals surface area contributed by atoms with Crippen LogP contribution in [0, 0.1) is 0 Å². The number of ether oxygens (including phenoxy) is 1. The van der Waals surface area contributed by atoms with Gasteiger partial charge in [0.25, 0.3) is 5.91 Å². The predicted molar refractivity (Wildman–Crippen MR) is 215 cm³/mol. The van der Waals surface area contributed by atoms with E-state index in [2.05, 4.69) is 49.9 Å². The average Bonchev–Trinajstić information content (AvgIpc) is 3.17. The fourth-order valence-electron chi connectivity index (χ4n) is 5.98. The van der Waals surface area contributed by atoms with Crippen LogP contribution in [0.4, 0.5) is 17.3 Å². The molecule has 0 aliphatic carbocycles. The van der Waals surface area contributed by atoms with Crippen molar-refractivity contribution in [3.05, 3.63) is 99.3 Å². The van der Waals surface area contributed by atoms with Crippen molar-refractivity contribution in [1.29, 1.82) is 0 Å². The number of hydrogen-bond donors (Lipinski definition) is 9. The van der Waals surface area contributed by atoms with Crippen LogP contribution in [0.3, 0.4) is 0 Å². The maximum atomic E-state index is 12.4. The van der Waals surface area contributed by atoms with Crippen molar-refractivity contribution >= 4 is 47.2 Å². The molecule has 2 amide bonds. The molecule has 17 heteroatoms. The Kier molecular flexibility index (Phi) is 16.6. The summed E-state index contributed by atoms with van der Waals surface area (Å²) >= 11 is 5.84. The van der Waals surface area contributed by atoms with Crippen LogP contribution in [0.15, 0.2) is 65.7 Å². The number of nitrogen functional groups attached to an aromatic ring is 2. The zero-order valence-electron chi connectivity index (χ0n) is 31.2. The number of guanidine groups is 1. The van der Waals surface area contributed by atoms with E-state index in [0.717, 1.165) is 38.5 Å². The minimum absolute atomic E-state index is 0.0718. The molecule has 0 aliphatic rings. The van der Waals surface area contributed by atoms with E-state index >= 15 is 0 Å². The number of hydrogen-bond acceptors (Lipinski definition) is 13. The van der Waals surface area contributed by atoms with Crippen molar-refractivity contribution in [3.63, 3.8) is 0 Å². The van der Waals surface area contributed by atoms with E-state index in [4.69, 9.17) is 33.5 Å². The summed E-state index contributed by atoms with van der Waals surface area (Å²) in [6.07, 6.45) is 3.54. The first kappa shape index (κ1) is 43.2. The van der Waals surface area contributed by atoms with Gasteiger partial charge in [-0.15, -0.1) is 0 Å². The van der Waals surface area contributed by atoms with Crippen molar-refractivity contribution in [1.82, 2.24) is 20.2 Å². The van der Waals surface area contributed by atoms with Crippen LogP contribution in [0.1, 0.15) is 76.2 Å². The van der Waals surface area contributed by atoms with Gasteiger partial charge in [0.15, 0.2) is 28.4 Å². The molecular weight excluding hydrogens is 742 g/mol. The summed E-state index contributed by atoms with van der Waals surface area (Å²) in [6.45, 7) is 1.60. The van der Waals surface area contributed by atoms with Gasteiger partial charge in [0.2, 0.25) is 6.41 Å². The molecule has 0 saturated carbocycles. The Labute approximate surface area is 330 Å². The van der Waals surface area contributed by atoms with Crippen LogP contribution in [0.25, 0.3) is 0 Å². The normalized spacial score (nSPS) is 12.7. The largest absolute Gasteiger partial charge is 0.508 e. The van der Waals surface area contributed by atoms with Crippen molar-refractivity contribution in [2.45, 2.75) is 57.3 Å². The zero-order valence-corrected chi connectivity index (χ0v) is 32.0. The van der Waals surface area contributed by atoms with Gasteiger partial charge in [0, 0.05) is 32.3 Å². The number of aromatic hydroxyl groups is 2. The monoisotopic (exact) mass is 791 g/mol. The first-order valence-corrected chi connectivity index (χ1v) is 18.5. The highest BCUT2D eigenvalue weighted by Gasteiger charge is 2.20. The van der Waals surface area contributed by atoms with Gasteiger partial charge in [-0.05, 0) is 91.6 Å². The third-order valence-electron chi connectivity index (χ3n) is 9.00. The molecule has 0 fully saturated rings. The number of aliphatic hydroxyl groups excluding tert-OH is 2. The van der Waals surface area contributed by atoms with Crippen LogP contribution in [-0.2, 0) is 29.0 Å². The van der Waals surface area contributed by atoms with Gasteiger partial charge in [-0.2, -0.15) is 0 Å². The number of amides is 2. The molecule has 0 unspecified atom stereocenters. The molecule has 16 nitrogen and oxygen atoms in total. The third-order valence-corrected chi connectivity index (χ3v) is 9.28. The number of carbonyl (C=O) groups excluding carboxylic acids is 2. The molecule has 0 bridgehead atoms. The molecule has 0 radical (unpaired) electrons. The van der Waals surface area contributed by atoms with Gasteiger partial charge >= 0.3 is 0 Å². The Bertz CT molecular complexity index is 1950. The van der Waals surface area contributed by atoms with E-state index in [9.17, 15) is 30.0 Å². The number of aliphatic hydroxyl groups is 2. The summed E-state index contributed by atoms with van der Waals surface area (Å²) in [6, 6.07) is 17.9. The van der Waals surface area contributed by atoms with E-state index in [1.54, 1.807) is 18.2 Å². The summed E-state index contributed by atoms with van der Waals surface area (Å²) in [4.78, 5) is 37.2. The Balaban J connectivity index is 1.26. The van der Waals surface area contributed by atoms with Crippen molar-refractivity contribution < 1.29 is 34.8 Å². The molecule has 1 aromatic heterocycles. The molecule has 4 aromatic rings. The smallest absolute Gasteiger partial charge is 0.280 e. The lowest BCUT2D eigenvalue weighted by atomic mass is 10.0. The number of rotatable bonds is 21. The fourth-order valence-corrected chi connectivity index (χ4v) is 6.11. The topological polar surface area (TPSA) is 268 Å². The highest BCUT2D eigenvalue weighted by molar-refractivity contribution is 6.31. The minimum atomic E-state index is -0.966. The molecule has 0 spiro atoms. The number of unbranched alkanes of at least 4 members (excludes halogenated alkanes) is 2. The highest BCUT2D eigenvalue weighted by atomic mass is 35.5. The Morgan fingerprint density at radius 2 is 1.50 bits per heavy atom. The number of anilines is 3. The van der Waals surface area contributed by atoms with Crippen molar-refractivity contribution in [2.75, 3.05) is 50.1 Å². The van der Waals surface area contributed by atoms with Crippen molar-refractivity contribution in [2.24, 2.45) is 10.7 Å². The van der Waals surface area contributed by atoms with Crippen LogP contribution in [0.5, 0.6) is 11.5 Å². The highest BCUT2D eigenvalue weighted by Crippen LogP contribution is 2.29. The number of phenols is 2. The van der Waals surface area contributed by atoms with E-state index in [1.807, 2.05) is 4.90 Å².